The molecule has 3 rings (SSSR count). The molecule has 6 heteroatoms. The van der Waals surface area contributed by atoms with Gasteiger partial charge in [-0.25, -0.2) is 0 Å². The summed E-state index contributed by atoms with van der Waals surface area (Å²) >= 11 is 0. The lowest BCUT2D eigenvalue weighted by molar-refractivity contribution is 0.0199. The van der Waals surface area contributed by atoms with Crippen LogP contribution in [-0.2, 0) is 9.47 Å². The van der Waals surface area contributed by atoms with Gasteiger partial charge < -0.3 is 24.4 Å². The molecule has 1 atom stereocenters. The molecule has 0 amide bonds. The van der Waals surface area contributed by atoms with Crippen molar-refractivity contribution in [2.75, 3.05) is 46.0 Å². The lowest BCUT2D eigenvalue weighted by atomic mass is 10.1. The maximum absolute atomic E-state index is 6.09. The third kappa shape index (κ3) is 6.70. The van der Waals surface area contributed by atoms with Crippen LogP contribution in [0.1, 0.15) is 32.6 Å². The Morgan fingerprint density at radius 1 is 1.22 bits per heavy atom. The smallest absolute Gasteiger partial charge is 0.193 e. The van der Waals surface area contributed by atoms with E-state index in [9.17, 15) is 0 Å². The zero-order chi connectivity index (χ0) is 18.7. The van der Waals surface area contributed by atoms with E-state index >= 15 is 0 Å². The molecular weight excluding hydrogens is 342 g/mol. The number of hydrogen-bond donors (Lipinski definition) is 1. The number of para-hydroxylation sites is 1. The lowest BCUT2D eigenvalue weighted by Crippen LogP contribution is -2.47. The molecule has 0 saturated carbocycles. The SMILES string of the molecule is CCNC(=NCCOCC1CCCO1)N1CCC(Oc2ccccc2)CC1. The van der Waals surface area contributed by atoms with E-state index < -0.39 is 0 Å². The first kappa shape index (κ1) is 20.0. The van der Waals surface area contributed by atoms with Crippen LogP contribution in [0, 0.1) is 0 Å². The summed E-state index contributed by atoms with van der Waals surface area (Å²) in [5.74, 6) is 1.94. The van der Waals surface area contributed by atoms with Crippen molar-refractivity contribution in [1.82, 2.24) is 10.2 Å². The monoisotopic (exact) mass is 375 g/mol. The summed E-state index contributed by atoms with van der Waals surface area (Å²) in [4.78, 5) is 7.06. The maximum atomic E-state index is 6.09. The number of piperidine rings is 1. The van der Waals surface area contributed by atoms with Crippen LogP contribution in [0.5, 0.6) is 5.75 Å². The number of guanidine groups is 1. The minimum atomic E-state index is 0.279. The van der Waals surface area contributed by atoms with E-state index in [1.807, 2.05) is 30.3 Å². The maximum Gasteiger partial charge on any atom is 0.193 e. The van der Waals surface area contributed by atoms with E-state index in [1.165, 1.54) is 0 Å². The van der Waals surface area contributed by atoms with Gasteiger partial charge in [-0.15, -0.1) is 0 Å². The summed E-state index contributed by atoms with van der Waals surface area (Å²) in [6.45, 7) is 7.78. The lowest BCUT2D eigenvalue weighted by Gasteiger charge is -2.34. The number of likely N-dealkylation sites (tertiary alicyclic amines) is 1. The number of nitrogens with zero attached hydrogens (tertiary/aromatic N) is 2. The Bertz CT molecular complexity index is 553. The highest BCUT2D eigenvalue weighted by Crippen LogP contribution is 2.18. The van der Waals surface area contributed by atoms with E-state index in [-0.39, 0.29) is 12.2 Å². The van der Waals surface area contributed by atoms with Gasteiger partial charge in [-0.2, -0.15) is 0 Å². The Balaban J connectivity index is 1.38. The van der Waals surface area contributed by atoms with Gasteiger partial charge in [0.05, 0.1) is 25.9 Å². The highest BCUT2D eigenvalue weighted by molar-refractivity contribution is 5.80. The molecule has 1 N–H and O–H groups in total. The third-order valence-electron chi connectivity index (χ3n) is 4.95. The first-order valence-electron chi connectivity index (χ1n) is 10.3. The second kappa shape index (κ2) is 11.1. The molecule has 2 fully saturated rings. The largest absolute Gasteiger partial charge is 0.490 e. The van der Waals surface area contributed by atoms with Gasteiger partial charge in [0, 0.05) is 39.1 Å². The van der Waals surface area contributed by atoms with Gasteiger partial charge in [0.2, 0.25) is 0 Å². The van der Waals surface area contributed by atoms with Gasteiger partial charge in [0.15, 0.2) is 5.96 Å². The van der Waals surface area contributed by atoms with Crippen LogP contribution in [0.2, 0.25) is 0 Å². The zero-order valence-electron chi connectivity index (χ0n) is 16.4. The molecule has 150 valence electrons. The summed E-state index contributed by atoms with van der Waals surface area (Å²) < 4.78 is 17.4. The van der Waals surface area contributed by atoms with Crippen LogP contribution in [0.15, 0.2) is 35.3 Å². The van der Waals surface area contributed by atoms with Crippen molar-refractivity contribution in [3.05, 3.63) is 30.3 Å². The fourth-order valence-electron chi connectivity index (χ4n) is 3.51. The molecule has 2 aliphatic heterocycles. The molecule has 0 aromatic heterocycles. The highest BCUT2D eigenvalue weighted by Gasteiger charge is 2.22. The fraction of sp³-hybridized carbons (Fsp3) is 0.667. The van der Waals surface area contributed by atoms with Crippen molar-refractivity contribution in [3.8, 4) is 5.75 Å². The van der Waals surface area contributed by atoms with Crippen LogP contribution in [0.4, 0.5) is 0 Å². The Hall–Kier alpha value is -1.79. The van der Waals surface area contributed by atoms with E-state index in [0.717, 1.165) is 63.6 Å². The first-order valence-corrected chi connectivity index (χ1v) is 10.3. The predicted molar refractivity (Wildman–Crippen MR) is 107 cm³/mol. The van der Waals surface area contributed by atoms with Crippen molar-refractivity contribution in [1.29, 1.82) is 0 Å². The number of nitrogens with one attached hydrogen (secondary N) is 1. The Morgan fingerprint density at radius 3 is 2.74 bits per heavy atom. The number of benzene rings is 1. The standard InChI is InChI=1S/C21H33N3O3/c1-2-22-21(23-12-16-25-17-20-9-6-15-26-20)24-13-10-19(11-14-24)27-18-7-4-3-5-8-18/h3-5,7-8,19-20H,2,6,9-17H2,1H3,(H,22,23). The molecule has 2 saturated heterocycles. The Labute approximate surface area is 162 Å². The highest BCUT2D eigenvalue weighted by atomic mass is 16.5. The minimum absolute atomic E-state index is 0.279. The number of rotatable bonds is 8. The summed E-state index contributed by atoms with van der Waals surface area (Å²) in [7, 11) is 0. The van der Waals surface area contributed by atoms with E-state index in [4.69, 9.17) is 19.2 Å². The molecule has 1 unspecified atom stereocenters. The van der Waals surface area contributed by atoms with Crippen molar-refractivity contribution in [2.24, 2.45) is 4.99 Å². The zero-order valence-corrected chi connectivity index (χ0v) is 16.4. The number of ether oxygens (including phenoxy) is 3. The van der Waals surface area contributed by atoms with Crippen molar-refractivity contribution >= 4 is 5.96 Å². The molecule has 0 aliphatic carbocycles. The van der Waals surface area contributed by atoms with Crippen molar-refractivity contribution in [2.45, 2.75) is 44.8 Å². The molecule has 0 radical (unpaired) electrons. The van der Waals surface area contributed by atoms with Gasteiger partial charge in [0.25, 0.3) is 0 Å². The molecule has 27 heavy (non-hydrogen) atoms. The summed E-state index contributed by atoms with van der Waals surface area (Å²) in [5.41, 5.74) is 0. The van der Waals surface area contributed by atoms with Crippen molar-refractivity contribution in [3.63, 3.8) is 0 Å². The molecule has 0 bridgehead atoms. The van der Waals surface area contributed by atoms with Crippen LogP contribution < -0.4 is 10.1 Å². The molecule has 1 aromatic carbocycles. The molecule has 2 heterocycles. The van der Waals surface area contributed by atoms with Crippen molar-refractivity contribution < 1.29 is 14.2 Å². The second-order valence-electron chi connectivity index (χ2n) is 7.06. The number of aliphatic imine (C=N–C) groups is 1. The average Bonchev–Trinajstić information content (AvgIpc) is 3.22. The second-order valence-corrected chi connectivity index (χ2v) is 7.06. The van der Waals surface area contributed by atoms with Crippen LogP contribution in [0.3, 0.4) is 0 Å². The molecule has 2 aliphatic rings. The number of hydrogen-bond acceptors (Lipinski definition) is 4. The molecule has 0 spiro atoms. The first-order chi connectivity index (χ1) is 13.3. The van der Waals surface area contributed by atoms with E-state index in [2.05, 4.69) is 17.1 Å². The van der Waals surface area contributed by atoms with Gasteiger partial charge in [-0.1, -0.05) is 18.2 Å². The normalized spacial score (nSPS) is 21.4. The van der Waals surface area contributed by atoms with E-state index in [0.29, 0.717) is 19.8 Å². The average molecular weight is 376 g/mol. The van der Waals surface area contributed by atoms with Crippen LogP contribution >= 0.6 is 0 Å². The molecule has 6 nitrogen and oxygen atoms in total. The Kier molecular flexibility index (Phi) is 8.24. The summed E-state index contributed by atoms with van der Waals surface area (Å²) in [6, 6.07) is 10.1. The van der Waals surface area contributed by atoms with Gasteiger partial charge in [-0.05, 0) is 31.9 Å². The third-order valence-corrected chi connectivity index (χ3v) is 4.95. The Morgan fingerprint density at radius 2 is 2.04 bits per heavy atom. The van der Waals surface area contributed by atoms with Crippen LogP contribution in [0.25, 0.3) is 0 Å². The van der Waals surface area contributed by atoms with Gasteiger partial charge in [0.1, 0.15) is 11.9 Å². The topological polar surface area (TPSA) is 55.3 Å². The quantitative estimate of drug-likeness (QED) is 0.430. The molecule has 1 aromatic rings. The minimum Gasteiger partial charge on any atom is -0.490 e. The summed E-state index contributed by atoms with van der Waals surface area (Å²) in [6.07, 6.45) is 4.85. The van der Waals surface area contributed by atoms with E-state index in [1.54, 1.807) is 0 Å². The fourth-order valence-corrected chi connectivity index (χ4v) is 3.51. The van der Waals surface area contributed by atoms with Gasteiger partial charge in [-0.3, -0.25) is 4.99 Å². The predicted octanol–water partition coefficient (Wildman–Crippen LogP) is 2.69. The summed E-state index contributed by atoms with van der Waals surface area (Å²) in [5, 5.41) is 3.40. The van der Waals surface area contributed by atoms with Crippen LogP contribution in [-0.4, -0.2) is 69.1 Å². The van der Waals surface area contributed by atoms with Gasteiger partial charge >= 0.3 is 0 Å². The molecular formula is C21H33N3O3.